The van der Waals surface area contributed by atoms with E-state index in [0.29, 0.717) is 10.9 Å². The second kappa shape index (κ2) is 18.3. The predicted octanol–water partition coefficient (Wildman–Crippen LogP) is 8.11. The lowest BCUT2D eigenvalue weighted by Gasteiger charge is -2.39. The largest absolute Gasteiger partial charge is 0.590 e. The standard InChI is InChI=1S/C26H53NO2P/c1-6-8-9-10-11-12-13-14-15-16-17-18-19-20-21-22-23-24-25-26(7-2,30(28)29)27(3,4)5/h9-10H,6-8,11-25H2,1-5H3/q+1/b10-9-. The summed E-state index contributed by atoms with van der Waals surface area (Å²) >= 11 is 0. The van der Waals surface area contributed by atoms with Crippen molar-refractivity contribution in [2.45, 2.75) is 135 Å². The Morgan fingerprint density at radius 1 is 0.700 bits per heavy atom. The number of hydrogen-bond acceptors (Lipinski definition) is 2. The fraction of sp³-hybridized carbons (Fsp3) is 0.923. The highest BCUT2D eigenvalue weighted by molar-refractivity contribution is 7.38. The number of rotatable bonds is 21. The van der Waals surface area contributed by atoms with Gasteiger partial charge in [-0.25, -0.2) is 0 Å². The molecule has 0 aliphatic rings. The zero-order valence-corrected chi connectivity index (χ0v) is 22.0. The van der Waals surface area contributed by atoms with Gasteiger partial charge in [-0.3, -0.25) is 4.48 Å². The number of quaternary nitrogens is 1. The van der Waals surface area contributed by atoms with Gasteiger partial charge in [0, 0.05) is 12.8 Å². The van der Waals surface area contributed by atoms with Crippen molar-refractivity contribution in [3.05, 3.63) is 12.2 Å². The highest BCUT2D eigenvalue weighted by atomic mass is 31.1. The summed E-state index contributed by atoms with van der Waals surface area (Å²) in [5.74, 6) is 0. The number of nitrogens with zero attached hydrogens (tertiary/aromatic N) is 1. The van der Waals surface area contributed by atoms with E-state index in [1.165, 1.54) is 96.3 Å². The molecule has 3 nitrogen and oxygen atoms in total. The second-order valence-corrected chi connectivity index (χ2v) is 11.3. The Kier molecular flexibility index (Phi) is 18.2. The van der Waals surface area contributed by atoms with Crippen molar-refractivity contribution >= 4 is 8.03 Å². The molecule has 0 spiro atoms. The summed E-state index contributed by atoms with van der Waals surface area (Å²) < 4.78 is 12.4. The minimum Gasteiger partial charge on any atom is -0.590 e. The van der Waals surface area contributed by atoms with E-state index in [9.17, 15) is 9.46 Å². The Bertz CT molecular complexity index is 445. The molecule has 0 aliphatic heterocycles. The topological polar surface area (TPSA) is 40.1 Å². The molecule has 0 saturated heterocycles. The summed E-state index contributed by atoms with van der Waals surface area (Å²) in [5, 5.41) is -0.596. The van der Waals surface area contributed by atoms with Gasteiger partial charge in [0.25, 0.3) is 5.28 Å². The lowest BCUT2D eigenvalue weighted by molar-refractivity contribution is -0.910. The SMILES string of the molecule is CCC/C=C\CCCCCCCCCCCCCCCC(CC)([P+](=O)[O-])[N+](C)(C)C. The average molecular weight is 443 g/mol. The Morgan fingerprint density at radius 3 is 1.47 bits per heavy atom. The minimum atomic E-state index is -2.41. The van der Waals surface area contributed by atoms with Crippen molar-refractivity contribution in [2.75, 3.05) is 21.1 Å². The fourth-order valence-corrected chi connectivity index (χ4v) is 5.56. The molecule has 0 N–H and O–H groups in total. The van der Waals surface area contributed by atoms with E-state index < -0.39 is 13.3 Å². The lowest BCUT2D eigenvalue weighted by atomic mass is 10.0. The Morgan fingerprint density at radius 2 is 1.10 bits per heavy atom. The van der Waals surface area contributed by atoms with Crippen molar-refractivity contribution in [1.29, 1.82) is 0 Å². The van der Waals surface area contributed by atoms with Crippen LogP contribution in [0.25, 0.3) is 0 Å². The van der Waals surface area contributed by atoms with Crippen LogP contribution in [-0.4, -0.2) is 30.9 Å². The second-order valence-electron chi connectivity index (χ2n) is 10.0. The summed E-state index contributed by atoms with van der Waals surface area (Å²) in [5.41, 5.74) is 0. The van der Waals surface area contributed by atoms with E-state index >= 15 is 0 Å². The highest BCUT2D eigenvalue weighted by Crippen LogP contribution is 2.44. The first-order valence-electron chi connectivity index (χ1n) is 12.9. The van der Waals surface area contributed by atoms with Gasteiger partial charge in [-0.1, -0.05) is 108 Å². The van der Waals surface area contributed by atoms with Gasteiger partial charge in [-0.2, -0.15) is 0 Å². The maximum atomic E-state index is 11.9. The van der Waals surface area contributed by atoms with Gasteiger partial charge in [0.2, 0.25) is 0 Å². The highest BCUT2D eigenvalue weighted by Gasteiger charge is 2.52. The summed E-state index contributed by atoms with van der Waals surface area (Å²) in [7, 11) is 3.63. The van der Waals surface area contributed by atoms with E-state index in [1.807, 2.05) is 28.1 Å². The van der Waals surface area contributed by atoms with Crippen molar-refractivity contribution < 1.29 is 13.9 Å². The van der Waals surface area contributed by atoms with Crippen molar-refractivity contribution in [2.24, 2.45) is 0 Å². The maximum Gasteiger partial charge on any atom is 0.376 e. The first kappa shape index (κ1) is 29.8. The van der Waals surface area contributed by atoms with Crippen LogP contribution in [0.4, 0.5) is 0 Å². The van der Waals surface area contributed by atoms with E-state index in [0.717, 1.165) is 12.8 Å². The monoisotopic (exact) mass is 442 g/mol. The first-order valence-corrected chi connectivity index (χ1v) is 14.1. The van der Waals surface area contributed by atoms with Gasteiger partial charge in [0.1, 0.15) is 0 Å². The van der Waals surface area contributed by atoms with Crippen LogP contribution in [0.3, 0.4) is 0 Å². The zero-order valence-electron chi connectivity index (χ0n) is 21.1. The fourth-order valence-electron chi connectivity index (χ4n) is 4.47. The van der Waals surface area contributed by atoms with Gasteiger partial charge in [0.15, 0.2) is 0 Å². The number of hydrogen-bond donors (Lipinski definition) is 0. The number of unbranched alkanes of at least 4 members (excludes halogenated alkanes) is 14. The molecule has 2 unspecified atom stereocenters. The molecule has 178 valence electrons. The van der Waals surface area contributed by atoms with Crippen LogP contribution in [0.1, 0.15) is 129 Å². The molecule has 0 bridgehead atoms. The molecule has 0 saturated carbocycles. The molecular formula is C26H53NO2P+. The van der Waals surface area contributed by atoms with Crippen LogP contribution < -0.4 is 4.89 Å². The summed E-state index contributed by atoms with van der Waals surface area (Å²) in [6, 6.07) is 0. The third-order valence-electron chi connectivity index (χ3n) is 6.72. The minimum absolute atomic E-state index is 0.512. The van der Waals surface area contributed by atoms with E-state index in [4.69, 9.17) is 0 Å². The molecule has 0 aromatic carbocycles. The molecule has 0 radical (unpaired) electrons. The number of allylic oxidation sites excluding steroid dienone is 2. The van der Waals surface area contributed by atoms with Gasteiger partial charge < -0.3 is 4.89 Å². The molecule has 0 rings (SSSR count). The summed E-state index contributed by atoms with van der Waals surface area (Å²) in [4.78, 5) is 11.9. The van der Waals surface area contributed by atoms with Crippen LogP contribution >= 0.6 is 8.03 Å². The van der Waals surface area contributed by atoms with Crippen LogP contribution in [0.15, 0.2) is 12.2 Å². The third kappa shape index (κ3) is 13.2. The van der Waals surface area contributed by atoms with E-state index in [1.54, 1.807) is 0 Å². The van der Waals surface area contributed by atoms with Crippen molar-refractivity contribution in [1.82, 2.24) is 0 Å². The van der Waals surface area contributed by atoms with Gasteiger partial charge in [-0.05, 0) is 25.7 Å². The van der Waals surface area contributed by atoms with Crippen LogP contribution in [-0.2, 0) is 4.57 Å². The average Bonchev–Trinajstić information content (AvgIpc) is 2.68. The molecule has 2 atom stereocenters. The summed E-state index contributed by atoms with van der Waals surface area (Å²) in [6.45, 7) is 4.25. The molecule has 0 aromatic rings. The first-order chi connectivity index (χ1) is 14.3. The Balaban J connectivity index is 3.53. The molecule has 30 heavy (non-hydrogen) atoms. The molecule has 0 fully saturated rings. The van der Waals surface area contributed by atoms with Gasteiger partial charge in [-0.15, -0.1) is 0 Å². The molecule has 0 amide bonds. The van der Waals surface area contributed by atoms with E-state index in [2.05, 4.69) is 19.1 Å². The van der Waals surface area contributed by atoms with Crippen LogP contribution in [0.5, 0.6) is 0 Å². The molecular weight excluding hydrogens is 389 g/mol. The molecule has 0 aromatic heterocycles. The van der Waals surface area contributed by atoms with Crippen LogP contribution in [0, 0.1) is 0 Å². The maximum absolute atomic E-state index is 11.9. The smallest absolute Gasteiger partial charge is 0.376 e. The molecule has 0 aliphatic carbocycles. The Labute approximate surface area is 190 Å². The van der Waals surface area contributed by atoms with E-state index in [-0.39, 0.29) is 0 Å². The summed E-state index contributed by atoms with van der Waals surface area (Å²) in [6.07, 6.45) is 27.2. The lowest BCUT2D eigenvalue weighted by Crippen LogP contribution is -2.55. The van der Waals surface area contributed by atoms with Gasteiger partial charge >= 0.3 is 8.03 Å². The van der Waals surface area contributed by atoms with Crippen LogP contribution in [0.2, 0.25) is 0 Å². The van der Waals surface area contributed by atoms with Gasteiger partial charge in [0.05, 0.1) is 21.1 Å². The predicted molar refractivity (Wildman–Crippen MR) is 132 cm³/mol. The molecule has 0 heterocycles. The van der Waals surface area contributed by atoms with Crippen molar-refractivity contribution in [3.63, 3.8) is 0 Å². The Hall–Kier alpha value is -0.240. The normalized spacial score (nSPS) is 14.9. The van der Waals surface area contributed by atoms with Crippen molar-refractivity contribution in [3.8, 4) is 0 Å². The zero-order chi connectivity index (χ0) is 22.7. The third-order valence-corrected chi connectivity index (χ3v) is 8.54. The molecule has 4 heteroatoms. The quantitative estimate of drug-likeness (QED) is 0.0779.